The molecule has 2 atom stereocenters. The molecule has 1 saturated heterocycles. The summed E-state index contributed by atoms with van der Waals surface area (Å²) in [5, 5.41) is 5.95. The SMILES string of the molecule is COc1cccc(NC(=O)N2CC(C(=O)NCc3cccnc3)CC(c3ccccc3)C2)c1. The monoisotopic (exact) mass is 444 g/mol. The zero-order valence-corrected chi connectivity index (χ0v) is 18.6. The first-order valence-electron chi connectivity index (χ1n) is 11.0. The van der Waals surface area contributed by atoms with Gasteiger partial charge in [0.15, 0.2) is 0 Å². The largest absolute Gasteiger partial charge is 0.497 e. The predicted octanol–water partition coefficient (Wildman–Crippen LogP) is 4.04. The highest BCUT2D eigenvalue weighted by Gasteiger charge is 2.34. The van der Waals surface area contributed by atoms with E-state index in [1.165, 1.54) is 0 Å². The van der Waals surface area contributed by atoms with Gasteiger partial charge in [0.25, 0.3) is 0 Å². The van der Waals surface area contributed by atoms with E-state index in [1.54, 1.807) is 30.5 Å². The summed E-state index contributed by atoms with van der Waals surface area (Å²) in [5.41, 5.74) is 2.72. The Morgan fingerprint density at radius 3 is 2.67 bits per heavy atom. The number of ether oxygens (including phenoxy) is 1. The van der Waals surface area contributed by atoms with Crippen LogP contribution in [-0.4, -0.2) is 42.0 Å². The van der Waals surface area contributed by atoms with Gasteiger partial charge in [0.1, 0.15) is 5.75 Å². The number of piperidine rings is 1. The smallest absolute Gasteiger partial charge is 0.321 e. The number of aromatic nitrogens is 1. The lowest BCUT2D eigenvalue weighted by atomic mass is 9.84. The summed E-state index contributed by atoms with van der Waals surface area (Å²) in [4.78, 5) is 32.0. The molecule has 1 fully saturated rings. The number of carbonyl (C=O) groups is 2. The van der Waals surface area contributed by atoms with E-state index in [0.717, 1.165) is 11.1 Å². The van der Waals surface area contributed by atoms with E-state index in [-0.39, 0.29) is 23.8 Å². The van der Waals surface area contributed by atoms with Crippen LogP contribution in [0.5, 0.6) is 5.75 Å². The van der Waals surface area contributed by atoms with Gasteiger partial charge in [0.2, 0.25) is 5.91 Å². The zero-order chi connectivity index (χ0) is 23.0. The minimum atomic E-state index is -0.309. The highest BCUT2D eigenvalue weighted by atomic mass is 16.5. The molecule has 2 N–H and O–H groups in total. The van der Waals surface area contributed by atoms with Gasteiger partial charge >= 0.3 is 6.03 Å². The fourth-order valence-electron chi connectivity index (χ4n) is 4.16. The minimum Gasteiger partial charge on any atom is -0.497 e. The van der Waals surface area contributed by atoms with Crippen LogP contribution in [0.2, 0.25) is 0 Å². The third kappa shape index (κ3) is 5.88. The standard InChI is InChI=1S/C26H28N4O3/c1-33-24-11-5-10-23(14-24)29-26(32)30-17-21(20-8-3-2-4-9-20)13-22(18-30)25(31)28-16-19-7-6-12-27-15-19/h2-12,14-15,21-22H,13,16-18H2,1H3,(H,28,31)(H,29,32). The lowest BCUT2D eigenvalue weighted by Gasteiger charge is -2.37. The molecule has 7 heteroatoms. The van der Waals surface area contributed by atoms with E-state index in [4.69, 9.17) is 4.74 Å². The Hall–Kier alpha value is -3.87. The molecule has 0 spiro atoms. The highest BCUT2D eigenvalue weighted by molar-refractivity contribution is 5.90. The molecule has 0 bridgehead atoms. The normalized spacial score (nSPS) is 17.8. The van der Waals surface area contributed by atoms with E-state index < -0.39 is 0 Å². The molecule has 0 aliphatic carbocycles. The summed E-state index contributed by atoms with van der Waals surface area (Å²) in [5.74, 6) is 0.377. The van der Waals surface area contributed by atoms with Crippen molar-refractivity contribution in [1.82, 2.24) is 15.2 Å². The molecule has 33 heavy (non-hydrogen) atoms. The number of hydrogen-bond donors (Lipinski definition) is 2. The van der Waals surface area contributed by atoms with Crippen molar-refractivity contribution in [1.29, 1.82) is 0 Å². The first kappa shape index (κ1) is 22.3. The van der Waals surface area contributed by atoms with Gasteiger partial charge in [-0.25, -0.2) is 4.79 Å². The van der Waals surface area contributed by atoms with Crippen molar-refractivity contribution in [2.75, 3.05) is 25.5 Å². The second kappa shape index (κ2) is 10.6. The van der Waals surface area contributed by atoms with Crippen molar-refractivity contribution < 1.29 is 14.3 Å². The van der Waals surface area contributed by atoms with Gasteiger partial charge in [-0.3, -0.25) is 9.78 Å². The number of likely N-dealkylation sites (tertiary alicyclic amines) is 1. The quantitative estimate of drug-likeness (QED) is 0.601. The summed E-state index contributed by atoms with van der Waals surface area (Å²) in [6.07, 6.45) is 4.13. The number of methoxy groups -OCH3 is 1. The Kier molecular flexibility index (Phi) is 7.19. The Bertz CT molecular complexity index is 1080. The average Bonchev–Trinajstić information content (AvgIpc) is 2.88. The molecule has 1 aliphatic rings. The van der Waals surface area contributed by atoms with E-state index in [0.29, 0.717) is 37.5 Å². The molecule has 1 aliphatic heterocycles. The Balaban J connectivity index is 1.48. The number of hydrogen-bond acceptors (Lipinski definition) is 4. The van der Waals surface area contributed by atoms with Crippen LogP contribution < -0.4 is 15.4 Å². The molecule has 2 unspecified atom stereocenters. The molecule has 2 heterocycles. The number of amides is 3. The van der Waals surface area contributed by atoms with Crippen molar-refractivity contribution in [3.05, 3.63) is 90.3 Å². The molecule has 0 radical (unpaired) electrons. The summed E-state index contributed by atoms with van der Waals surface area (Å²) < 4.78 is 5.25. The number of carbonyl (C=O) groups excluding carboxylic acids is 2. The van der Waals surface area contributed by atoms with Gasteiger partial charge in [-0.2, -0.15) is 0 Å². The van der Waals surface area contributed by atoms with Crippen LogP contribution in [0.4, 0.5) is 10.5 Å². The lowest BCUT2D eigenvalue weighted by molar-refractivity contribution is -0.126. The first-order chi connectivity index (χ1) is 16.1. The van der Waals surface area contributed by atoms with Gasteiger partial charge in [-0.05, 0) is 35.7 Å². The van der Waals surface area contributed by atoms with E-state index in [9.17, 15) is 9.59 Å². The van der Waals surface area contributed by atoms with Crippen LogP contribution in [0.15, 0.2) is 79.1 Å². The van der Waals surface area contributed by atoms with Crippen molar-refractivity contribution in [3.63, 3.8) is 0 Å². The molecule has 3 amide bonds. The summed E-state index contributed by atoms with van der Waals surface area (Å²) in [7, 11) is 1.59. The molecule has 4 rings (SSSR count). The Labute approximate surface area is 193 Å². The molecule has 2 aromatic carbocycles. The van der Waals surface area contributed by atoms with Crippen LogP contribution in [0.25, 0.3) is 0 Å². The molecule has 0 saturated carbocycles. The Morgan fingerprint density at radius 2 is 1.91 bits per heavy atom. The van der Waals surface area contributed by atoms with Crippen LogP contribution in [0, 0.1) is 5.92 Å². The van der Waals surface area contributed by atoms with Crippen LogP contribution >= 0.6 is 0 Å². The number of nitrogens with one attached hydrogen (secondary N) is 2. The number of urea groups is 1. The van der Waals surface area contributed by atoms with Crippen molar-refractivity contribution >= 4 is 17.6 Å². The number of rotatable bonds is 6. The molecular weight excluding hydrogens is 416 g/mol. The van der Waals surface area contributed by atoms with Crippen LogP contribution in [-0.2, 0) is 11.3 Å². The van der Waals surface area contributed by atoms with Gasteiger partial charge in [-0.1, -0.05) is 42.5 Å². The number of nitrogens with zero attached hydrogens (tertiary/aromatic N) is 2. The third-order valence-corrected chi connectivity index (χ3v) is 5.89. The second-order valence-electron chi connectivity index (χ2n) is 8.19. The number of benzene rings is 2. The molecule has 170 valence electrons. The summed E-state index contributed by atoms with van der Waals surface area (Å²) >= 11 is 0. The third-order valence-electron chi connectivity index (χ3n) is 5.89. The number of anilines is 1. The zero-order valence-electron chi connectivity index (χ0n) is 18.6. The lowest BCUT2D eigenvalue weighted by Crippen LogP contribution is -2.49. The fourth-order valence-corrected chi connectivity index (χ4v) is 4.16. The van der Waals surface area contributed by atoms with Gasteiger partial charge in [-0.15, -0.1) is 0 Å². The fraction of sp³-hybridized carbons (Fsp3) is 0.269. The summed E-state index contributed by atoms with van der Waals surface area (Å²) in [6, 6.07) is 20.8. The van der Waals surface area contributed by atoms with E-state index in [2.05, 4.69) is 27.8 Å². The van der Waals surface area contributed by atoms with E-state index >= 15 is 0 Å². The maximum Gasteiger partial charge on any atom is 0.321 e. The van der Waals surface area contributed by atoms with Gasteiger partial charge < -0.3 is 20.3 Å². The average molecular weight is 445 g/mol. The van der Waals surface area contributed by atoms with Gasteiger partial charge in [0, 0.05) is 49.7 Å². The predicted molar refractivity (Wildman–Crippen MR) is 127 cm³/mol. The Morgan fingerprint density at radius 1 is 1.06 bits per heavy atom. The first-order valence-corrected chi connectivity index (χ1v) is 11.0. The second-order valence-corrected chi connectivity index (χ2v) is 8.19. The van der Waals surface area contributed by atoms with Crippen molar-refractivity contribution in [2.45, 2.75) is 18.9 Å². The van der Waals surface area contributed by atoms with Crippen LogP contribution in [0.1, 0.15) is 23.5 Å². The molecule has 1 aromatic heterocycles. The van der Waals surface area contributed by atoms with Crippen molar-refractivity contribution in [2.24, 2.45) is 5.92 Å². The summed E-state index contributed by atoms with van der Waals surface area (Å²) in [6.45, 7) is 1.32. The van der Waals surface area contributed by atoms with E-state index in [1.807, 2.05) is 48.5 Å². The molecular formula is C26H28N4O3. The topological polar surface area (TPSA) is 83.6 Å². The molecule has 7 nitrogen and oxygen atoms in total. The van der Waals surface area contributed by atoms with Gasteiger partial charge in [0.05, 0.1) is 13.0 Å². The highest BCUT2D eigenvalue weighted by Crippen LogP contribution is 2.31. The maximum atomic E-state index is 13.1. The minimum absolute atomic E-state index is 0.0568. The van der Waals surface area contributed by atoms with Crippen LogP contribution in [0.3, 0.4) is 0 Å². The molecule has 3 aromatic rings. The van der Waals surface area contributed by atoms with Crippen molar-refractivity contribution in [3.8, 4) is 5.75 Å². The number of pyridine rings is 1. The maximum absolute atomic E-state index is 13.1.